The monoisotopic (exact) mass is 250 g/mol. The van der Waals surface area contributed by atoms with Crippen molar-refractivity contribution in [3.8, 4) is 0 Å². The summed E-state index contributed by atoms with van der Waals surface area (Å²) in [5, 5.41) is 6.45. The molecular weight excluding hydrogens is 232 g/mol. The zero-order chi connectivity index (χ0) is 12.3. The van der Waals surface area contributed by atoms with Gasteiger partial charge in [0.25, 0.3) is 0 Å². The van der Waals surface area contributed by atoms with Crippen molar-refractivity contribution in [3.63, 3.8) is 0 Å². The second kappa shape index (κ2) is 5.44. The Kier molecular flexibility index (Phi) is 3.93. The summed E-state index contributed by atoms with van der Waals surface area (Å²) >= 11 is 1.79. The van der Waals surface area contributed by atoms with Gasteiger partial charge in [-0.05, 0) is 37.3 Å². The van der Waals surface area contributed by atoms with Gasteiger partial charge in [0.15, 0.2) is 0 Å². The highest BCUT2D eigenvalue weighted by Crippen LogP contribution is 2.20. The van der Waals surface area contributed by atoms with Crippen molar-refractivity contribution in [1.29, 1.82) is 0 Å². The summed E-state index contributed by atoms with van der Waals surface area (Å²) < 4.78 is 1.90. The zero-order valence-corrected chi connectivity index (χ0v) is 11.0. The Hall–Kier alpha value is -1.17. The molecule has 2 heterocycles. The highest BCUT2D eigenvalue weighted by molar-refractivity contribution is 7.09. The fourth-order valence-corrected chi connectivity index (χ4v) is 2.74. The lowest BCUT2D eigenvalue weighted by Gasteiger charge is -2.15. The zero-order valence-electron chi connectivity index (χ0n) is 10.2. The lowest BCUT2D eigenvalue weighted by Crippen LogP contribution is -2.29. The van der Waals surface area contributed by atoms with Gasteiger partial charge in [-0.2, -0.15) is 5.10 Å². The Morgan fingerprint density at radius 1 is 1.59 bits per heavy atom. The van der Waals surface area contributed by atoms with E-state index in [2.05, 4.69) is 34.1 Å². The molecule has 0 saturated heterocycles. The number of nitrogens with one attached hydrogen (secondary N) is 1. The maximum atomic E-state index is 5.63. The largest absolute Gasteiger partial charge is 0.271 e. The first-order valence-corrected chi connectivity index (χ1v) is 6.57. The maximum Gasteiger partial charge on any atom is 0.0632 e. The van der Waals surface area contributed by atoms with Crippen LogP contribution in [0.2, 0.25) is 0 Å². The van der Waals surface area contributed by atoms with Crippen LogP contribution in [0, 0.1) is 6.92 Å². The summed E-state index contributed by atoms with van der Waals surface area (Å²) in [7, 11) is 1.96. The Morgan fingerprint density at radius 2 is 2.41 bits per heavy atom. The van der Waals surface area contributed by atoms with E-state index in [1.807, 2.05) is 18.7 Å². The summed E-state index contributed by atoms with van der Waals surface area (Å²) in [4.78, 5) is 1.39. The van der Waals surface area contributed by atoms with Crippen molar-refractivity contribution in [1.82, 2.24) is 15.2 Å². The number of aryl methyl sites for hydroxylation is 3. The predicted molar refractivity (Wildman–Crippen MR) is 70.6 cm³/mol. The van der Waals surface area contributed by atoms with Gasteiger partial charge in [0.1, 0.15) is 0 Å². The first-order chi connectivity index (χ1) is 8.20. The number of nitrogens with zero attached hydrogens (tertiary/aromatic N) is 2. The molecule has 3 N–H and O–H groups in total. The molecule has 5 heteroatoms. The fraction of sp³-hybridized carbons (Fsp3) is 0.417. The first kappa shape index (κ1) is 12.3. The molecule has 0 spiro atoms. The third-order valence-corrected chi connectivity index (χ3v) is 3.79. The van der Waals surface area contributed by atoms with Crippen molar-refractivity contribution < 1.29 is 0 Å². The van der Waals surface area contributed by atoms with Crippen LogP contribution in [0.5, 0.6) is 0 Å². The third-order valence-electron chi connectivity index (χ3n) is 2.86. The quantitative estimate of drug-likeness (QED) is 0.630. The molecule has 2 rings (SSSR count). The molecule has 0 aliphatic heterocycles. The maximum absolute atomic E-state index is 5.63. The molecule has 2 aromatic heterocycles. The van der Waals surface area contributed by atoms with Crippen LogP contribution in [0.4, 0.5) is 0 Å². The second-order valence-electron chi connectivity index (χ2n) is 4.17. The molecule has 0 aliphatic rings. The standard InChI is InChI=1S/C12H18N4S/c1-9-8-12(16(2)15-9)11(14-13)6-5-10-4-3-7-17-10/h3-4,7-8,11,14H,5-6,13H2,1-2H3. The van der Waals surface area contributed by atoms with Gasteiger partial charge in [-0.25, -0.2) is 0 Å². The Labute approximate surface area is 105 Å². The molecule has 0 bridgehead atoms. The number of rotatable bonds is 5. The van der Waals surface area contributed by atoms with Gasteiger partial charge in [0.05, 0.1) is 17.4 Å². The summed E-state index contributed by atoms with van der Waals surface area (Å²) in [5.41, 5.74) is 5.05. The smallest absolute Gasteiger partial charge is 0.0632 e. The van der Waals surface area contributed by atoms with Crippen LogP contribution in [0.15, 0.2) is 23.6 Å². The third kappa shape index (κ3) is 2.94. The summed E-state index contributed by atoms with van der Waals surface area (Å²) in [6.45, 7) is 2.00. The van der Waals surface area contributed by atoms with Crippen molar-refractivity contribution >= 4 is 11.3 Å². The predicted octanol–water partition coefficient (Wildman–Crippen LogP) is 1.93. The van der Waals surface area contributed by atoms with Crippen LogP contribution in [0.3, 0.4) is 0 Å². The molecule has 0 aliphatic carbocycles. The second-order valence-corrected chi connectivity index (χ2v) is 5.20. The number of nitrogens with two attached hydrogens (primary N) is 1. The molecule has 0 fully saturated rings. The lowest BCUT2D eigenvalue weighted by molar-refractivity contribution is 0.481. The summed E-state index contributed by atoms with van der Waals surface area (Å²) in [6, 6.07) is 6.48. The van der Waals surface area contributed by atoms with Gasteiger partial charge in [-0.15, -0.1) is 11.3 Å². The Bertz CT molecular complexity index is 461. The van der Waals surface area contributed by atoms with E-state index in [1.54, 1.807) is 11.3 Å². The minimum atomic E-state index is 0.156. The SMILES string of the molecule is Cc1cc(C(CCc2cccs2)NN)n(C)n1. The normalized spacial score (nSPS) is 12.9. The van der Waals surface area contributed by atoms with E-state index >= 15 is 0 Å². The van der Waals surface area contributed by atoms with Crippen LogP contribution < -0.4 is 11.3 Å². The fourth-order valence-electron chi connectivity index (χ4n) is 2.01. The van der Waals surface area contributed by atoms with Crippen LogP contribution in [-0.4, -0.2) is 9.78 Å². The molecule has 0 saturated carbocycles. The van der Waals surface area contributed by atoms with E-state index in [4.69, 9.17) is 5.84 Å². The lowest BCUT2D eigenvalue weighted by atomic mass is 10.1. The van der Waals surface area contributed by atoms with Crippen LogP contribution >= 0.6 is 11.3 Å². The van der Waals surface area contributed by atoms with E-state index in [0.29, 0.717) is 0 Å². The minimum absolute atomic E-state index is 0.156. The highest BCUT2D eigenvalue weighted by Gasteiger charge is 2.14. The van der Waals surface area contributed by atoms with Gasteiger partial charge < -0.3 is 0 Å². The van der Waals surface area contributed by atoms with Gasteiger partial charge in [-0.3, -0.25) is 16.0 Å². The Balaban J connectivity index is 2.04. The molecule has 0 radical (unpaired) electrons. The van der Waals surface area contributed by atoms with E-state index in [1.165, 1.54) is 4.88 Å². The topological polar surface area (TPSA) is 55.9 Å². The molecule has 2 aromatic rings. The molecule has 17 heavy (non-hydrogen) atoms. The van der Waals surface area contributed by atoms with E-state index in [9.17, 15) is 0 Å². The molecule has 92 valence electrons. The molecule has 0 amide bonds. The first-order valence-electron chi connectivity index (χ1n) is 5.69. The average molecular weight is 250 g/mol. The van der Waals surface area contributed by atoms with Gasteiger partial charge in [-0.1, -0.05) is 6.07 Å². The van der Waals surface area contributed by atoms with E-state index in [0.717, 1.165) is 24.2 Å². The van der Waals surface area contributed by atoms with Gasteiger partial charge in [0, 0.05) is 11.9 Å². The average Bonchev–Trinajstić information content (AvgIpc) is 2.90. The van der Waals surface area contributed by atoms with E-state index < -0.39 is 0 Å². The minimum Gasteiger partial charge on any atom is -0.271 e. The summed E-state index contributed by atoms with van der Waals surface area (Å²) in [5.74, 6) is 5.63. The van der Waals surface area contributed by atoms with Crippen LogP contribution in [0.25, 0.3) is 0 Å². The number of hydrazine groups is 1. The molecule has 1 unspecified atom stereocenters. The Morgan fingerprint density at radius 3 is 2.94 bits per heavy atom. The van der Waals surface area contributed by atoms with Crippen molar-refractivity contribution in [3.05, 3.63) is 39.8 Å². The van der Waals surface area contributed by atoms with Crippen molar-refractivity contribution in [2.75, 3.05) is 0 Å². The van der Waals surface area contributed by atoms with Crippen molar-refractivity contribution in [2.45, 2.75) is 25.8 Å². The molecular formula is C12H18N4S. The molecule has 1 atom stereocenters. The molecule has 0 aromatic carbocycles. The number of hydrogen-bond acceptors (Lipinski definition) is 4. The van der Waals surface area contributed by atoms with Gasteiger partial charge in [0.2, 0.25) is 0 Å². The van der Waals surface area contributed by atoms with Crippen LogP contribution in [-0.2, 0) is 13.5 Å². The van der Waals surface area contributed by atoms with Crippen molar-refractivity contribution in [2.24, 2.45) is 12.9 Å². The van der Waals surface area contributed by atoms with E-state index in [-0.39, 0.29) is 6.04 Å². The van der Waals surface area contributed by atoms with Gasteiger partial charge >= 0.3 is 0 Å². The highest BCUT2D eigenvalue weighted by atomic mass is 32.1. The number of aromatic nitrogens is 2. The summed E-state index contributed by atoms with van der Waals surface area (Å²) in [6.07, 6.45) is 2.02. The number of thiophene rings is 1. The molecule has 4 nitrogen and oxygen atoms in total. The van der Waals surface area contributed by atoms with Crippen LogP contribution in [0.1, 0.15) is 28.7 Å². The number of hydrogen-bond donors (Lipinski definition) is 2.